The number of nitrogens with zero attached hydrogens (tertiary/aromatic N) is 4. The van der Waals surface area contributed by atoms with E-state index in [0.717, 1.165) is 37.8 Å². The van der Waals surface area contributed by atoms with Gasteiger partial charge in [0.05, 0.1) is 18.5 Å². The minimum atomic E-state index is -0.500. The zero-order chi connectivity index (χ0) is 31.3. The molecule has 1 saturated carbocycles. The summed E-state index contributed by atoms with van der Waals surface area (Å²) in [7, 11) is 0. The third kappa shape index (κ3) is 6.93. The van der Waals surface area contributed by atoms with Crippen molar-refractivity contribution < 1.29 is 14.3 Å². The molecule has 8 heteroatoms. The molecule has 0 spiro atoms. The van der Waals surface area contributed by atoms with E-state index in [-0.39, 0.29) is 47.3 Å². The molecule has 2 saturated heterocycles. The van der Waals surface area contributed by atoms with E-state index < -0.39 is 5.41 Å². The molecule has 7 nitrogen and oxygen atoms in total. The van der Waals surface area contributed by atoms with E-state index in [2.05, 4.69) is 56.6 Å². The van der Waals surface area contributed by atoms with Crippen LogP contribution in [0.15, 0.2) is 29.3 Å². The van der Waals surface area contributed by atoms with Gasteiger partial charge in [0.25, 0.3) is 0 Å². The first-order chi connectivity index (χ1) is 20.0. The van der Waals surface area contributed by atoms with Gasteiger partial charge < -0.3 is 14.5 Å². The zero-order valence-electron chi connectivity index (χ0n) is 27.7. The lowest BCUT2D eigenvalue weighted by molar-refractivity contribution is -0.147. The fourth-order valence-electron chi connectivity index (χ4n) is 7.59. The second-order valence-corrected chi connectivity index (χ2v) is 16.6. The van der Waals surface area contributed by atoms with Crippen molar-refractivity contribution in [2.45, 2.75) is 117 Å². The lowest BCUT2D eigenvalue weighted by atomic mass is 9.74. The van der Waals surface area contributed by atoms with Gasteiger partial charge in [0, 0.05) is 47.6 Å². The van der Waals surface area contributed by atoms with Gasteiger partial charge in [-0.3, -0.25) is 19.5 Å². The van der Waals surface area contributed by atoms with Gasteiger partial charge in [-0.2, -0.15) is 0 Å². The molecule has 1 unspecified atom stereocenters. The number of likely N-dealkylation sites (tertiary alicyclic amines) is 2. The summed E-state index contributed by atoms with van der Waals surface area (Å²) in [4.78, 5) is 40.3. The van der Waals surface area contributed by atoms with Gasteiger partial charge in [0.1, 0.15) is 12.6 Å². The standard InChI is InChI=1S/C35H53ClN4O3/c1-33(2,3)32(42)40(25-13-15-35(7,8)16-14-25)26-19-29(30-37-17-18-43-30)39(20-26)31(41)28-22-38(34(4,5)6)21-27(28)23-9-11-24(36)12-10-23/h9-12,25-29H,13-22H2,1-8H3/t26-,27-,28+,29?/m0/s1. The number of rotatable bonds is 5. The quantitative estimate of drug-likeness (QED) is 0.386. The summed E-state index contributed by atoms with van der Waals surface area (Å²) in [5.74, 6) is 0.847. The van der Waals surface area contributed by atoms with Gasteiger partial charge in [-0.25, -0.2) is 0 Å². The Kier molecular flexibility index (Phi) is 9.01. The highest BCUT2D eigenvalue weighted by Gasteiger charge is 2.51. The smallest absolute Gasteiger partial charge is 0.228 e. The number of benzene rings is 1. The van der Waals surface area contributed by atoms with Crippen LogP contribution >= 0.6 is 11.6 Å². The third-order valence-electron chi connectivity index (χ3n) is 10.3. The van der Waals surface area contributed by atoms with Crippen molar-refractivity contribution in [3.05, 3.63) is 34.9 Å². The van der Waals surface area contributed by atoms with Crippen LogP contribution in [0.2, 0.25) is 5.02 Å². The van der Waals surface area contributed by atoms with Crippen molar-refractivity contribution in [3.63, 3.8) is 0 Å². The highest BCUT2D eigenvalue weighted by atomic mass is 35.5. The highest BCUT2D eigenvalue weighted by Crippen LogP contribution is 2.42. The van der Waals surface area contributed by atoms with Crippen LogP contribution in [0, 0.1) is 16.7 Å². The van der Waals surface area contributed by atoms with Gasteiger partial charge in [-0.05, 0) is 76.0 Å². The number of hydrogen-bond donors (Lipinski definition) is 0. The summed E-state index contributed by atoms with van der Waals surface area (Å²) in [6.07, 6.45) is 4.89. The van der Waals surface area contributed by atoms with E-state index in [0.29, 0.717) is 49.0 Å². The van der Waals surface area contributed by atoms with Crippen molar-refractivity contribution in [2.75, 3.05) is 32.8 Å². The molecule has 4 aliphatic rings. The fraction of sp³-hybridized carbons (Fsp3) is 0.743. The van der Waals surface area contributed by atoms with Crippen molar-refractivity contribution >= 4 is 29.3 Å². The predicted octanol–water partition coefficient (Wildman–Crippen LogP) is 6.40. The van der Waals surface area contributed by atoms with E-state index in [1.165, 1.54) is 0 Å². The minimum absolute atomic E-state index is 0.0583. The van der Waals surface area contributed by atoms with Crippen LogP contribution in [0.1, 0.15) is 99.0 Å². The normalized spacial score (nSPS) is 28.6. The number of hydrogen-bond acceptors (Lipinski definition) is 5. The number of halogens is 1. The van der Waals surface area contributed by atoms with E-state index in [4.69, 9.17) is 21.3 Å². The molecule has 1 aliphatic carbocycles. The van der Waals surface area contributed by atoms with Gasteiger partial charge in [0.2, 0.25) is 17.7 Å². The Labute approximate surface area is 264 Å². The van der Waals surface area contributed by atoms with Gasteiger partial charge in [0.15, 0.2) is 0 Å². The molecule has 0 aromatic heterocycles. The Hall–Kier alpha value is -2.12. The lowest BCUT2D eigenvalue weighted by Crippen LogP contribution is -2.54. The Balaban J connectivity index is 1.47. The van der Waals surface area contributed by atoms with Crippen LogP contribution < -0.4 is 0 Å². The molecule has 0 bridgehead atoms. The number of amides is 2. The summed E-state index contributed by atoms with van der Waals surface area (Å²) >= 11 is 6.25. The minimum Gasteiger partial charge on any atom is -0.478 e. The van der Waals surface area contributed by atoms with Crippen molar-refractivity contribution in [1.29, 1.82) is 0 Å². The van der Waals surface area contributed by atoms with Crippen molar-refractivity contribution in [3.8, 4) is 0 Å². The molecule has 2 amide bonds. The summed E-state index contributed by atoms with van der Waals surface area (Å²) < 4.78 is 6.04. The maximum absolute atomic E-state index is 14.8. The molecule has 4 atom stereocenters. The number of ether oxygens (including phenoxy) is 1. The van der Waals surface area contributed by atoms with Gasteiger partial charge in [-0.15, -0.1) is 0 Å². The second kappa shape index (κ2) is 12.0. The zero-order valence-corrected chi connectivity index (χ0v) is 28.4. The molecule has 0 radical (unpaired) electrons. The van der Waals surface area contributed by atoms with Crippen LogP contribution in [-0.4, -0.2) is 88.9 Å². The monoisotopic (exact) mass is 612 g/mol. The Morgan fingerprint density at radius 1 is 0.977 bits per heavy atom. The first-order valence-electron chi connectivity index (χ1n) is 16.4. The van der Waals surface area contributed by atoms with E-state index >= 15 is 0 Å². The van der Waals surface area contributed by atoms with E-state index in [9.17, 15) is 9.59 Å². The fourth-order valence-corrected chi connectivity index (χ4v) is 7.71. The maximum Gasteiger partial charge on any atom is 0.228 e. The van der Waals surface area contributed by atoms with Gasteiger partial charge >= 0.3 is 0 Å². The molecule has 0 N–H and O–H groups in total. The first-order valence-corrected chi connectivity index (χ1v) is 16.7. The van der Waals surface area contributed by atoms with Crippen LogP contribution in [-0.2, 0) is 14.3 Å². The molecule has 5 rings (SSSR count). The molecule has 3 heterocycles. The second-order valence-electron chi connectivity index (χ2n) is 16.2. The summed E-state index contributed by atoms with van der Waals surface area (Å²) in [6.45, 7) is 20.6. The van der Waals surface area contributed by atoms with Crippen LogP contribution in [0.3, 0.4) is 0 Å². The van der Waals surface area contributed by atoms with E-state index in [1.54, 1.807) is 0 Å². The topological polar surface area (TPSA) is 65.5 Å². The molecule has 238 valence electrons. The van der Waals surface area contributed by atoms with Gasteiger partial charge in [-0.1, -0.05) is 58.4 Å². The average Bonchev–Trinajstić information content (AvgIpc) is 3.68. The van der Waals surface area contributed by atoms with Crippen LogP contribution in [0.5, 0.6) is 0 Å². The largest absolute Gasteiger partial charge is 0.478 e. The van der Waals surface area contributed by atoms with Crippen LogP contribution in [0.4, 0.5) is 0 Å². The third-order valence-corrected chi connectivity index (χ3v) is 10.6. The molecule has 43 heavy (non-hydrogen) atoms. The Morgan fingerprint density at radius 2 is 1.63 bits per heavy atom. The lowest BCUT2D eigenvalue weighted by Gasteiger charge is -2.45. The average molecular weight is 613 g/mol. The number of carbonyl (C=O) groups excluding carboxylic acids is 2. The molecule has 3 aliphatic heterocycles. The Bertz CT molecular complexity index is 1200. The number of aliphatic imine (C=N–C) groups is 1. The number of carbonyl (C=O) groups is 2. The van der Waals surface area contributed by atoms with E-state index in [1.807, 2.05) is 37.8 Å². The molecular formula is C35H53ClN4O3. The molecule has 1 aromatic carbocycles. The summed E-state index contributed by atoms with van der Waals surface area (Å²) in [5, 5.41) is 0.700. The SMILES string of the molecule is CC1(C)CCC(N(C(=O)C(C)(C)C)[C@H]2CC(C3=NCCO3)N(C(=O)[C@@H]3CN(C(C)(C)C)C[C@H]3c3ccc(Cl)cc3)C2)CC1. The van der Waals surface area contributed by atoms with Crippen LogP contribution in [0.25, 0.3) is 0 Å². The predicted molar refractivity (Wildman–Crippen MR) is 174 cm³/mol. The first kappa shape index (κ1) is 32.3. The maximum atomic E-state index is 14.8. The summed E-state index contributed by atoms with van der Waals surface area (Å²) in [5.41, 5.74) is 0.887. The summed E-state index contributed by atoms with van der Waals surface area (Å²) in [6, 6.07) is 7.88. The van der Waals surface area contributed by atoms with Crippen molar-refractivity contribution in [1.82, 2.24) is 14.7 Å². The highest BCUT2D eigenvalue weighted by molar-refractivity contribution is 6.30. The van der Waals surface area contributed by atoms with Crippen molar-refractivity contribution in [2.24, 2.45) is 21.7 Å². The molecule has 3 fully saturated rings. The molecular weight excluding hydrogens is 560 g/mol. The molecule has 1 aromatic rings. The Morgan fingerprint density at radius 3 is 2.19 bits per heavy atom.